The van der Waals surface area contributed by atoms with Gasteiger partial charge in [0.2, 0.25) is 0 Å². The summed E-state index contributed by atoms with van der Waals surface area (Å²) in [6, 6.07) is 4.15. The number of piperazine rings is 1. The molecule has 1 saturated heterocycles. The van der Waals surface area contributed by atoms with E-state index in [2.05, 4.69) is 68.1 Å². The van der Waals surface area contributed by atoms with Crippen molar-refractivity contribution in [2.45, 2.75) is 39.0 Å². The van der Waals surface area contributed by atoms with E-state index in [1.807, 2.05) is 25.2 Å². The lowest BCUT2D eigenvalue weighted by Crippen LogP contribution is -2.47. The average Bonchev–Trinajstić information content (AvgIpc) is 3.44. The molecule has 198 valence electrons. The lowest BCUT2D eigenvalue weighted by atomic mass is 9.83. The molecule has 3 heterocycles. The molecule has 0 spiro atoms. The highest BCUT2D eigenvalue weighted by atomic mass is 35.5. The third-order valence-electron chi connectivity index (χ3n) is 6.83. The van der Waals surface area contributed by atoms with Crippen LogP contribution in [0.2, 0.25) is 0 Å². The number of anilines is 1. The van der Waals surface area contributed by atoms with Crippen LogP contribution in [-0.2, 0) is 4.74 Å². The number of aryl methyl sites for hydroxylation is 2. The summed E-state index contributed by atoms with van der Waals surface area (Å²) in [5.74, 6) is 3.18. The summed E-state index contributed by atoms with van der Waals surface area (Å²) in [5.41, 5.74) is 5.87. The van der Waals surface area contributed by atoms with Crippen LogP contribution in [0.5, 0.6) is 0 Å². The molecule has 2 fully saturated rings. The molecule has 0 radical (unpaired) electrons. The number of hydrogen-bond acceptors (Lipinski definition) is 6. The van der Waals surface area contributed by atoms with Gasteiger partial charge in [-0.15, -0.1) is 0 Å². The van der Waals surface area contributed by atoms with Crippen LogP contribution in [0.25, 0.3) is 6.08 Å². The summed E-state index contributed by atoms with van der Waals surface area (Å²) >= 11 is 6.03. The van der Waals surface area contributed by atoms with Gasteiger partial charge < -0.3 is 24.8 Å². The van der Waals surface area contributed by atoms with Gasteiger partial charge in [0.25, 0.3) is 0 Å². The number of amidine groups is 1. The lowest BCUT2D eigenvalue weighted by Gasteiger charge is -2.33. The first-order valence-corrected chi connectivity index (χ1v) is 13.1. The monoisotopic (exact) mass is 524 g/mol. The van der Waals surface area contributed by atoms with Gasteiger partial charge in [0.1, 0.15) is 17.4 Å². The van der Waals surface area contributed by atoms with Crippen LogP contribution in [0.4, 0.5) is 5.82 Å². The van der Waals surface area contributed by atoms with Gasteiger partial charge in [-0.05, 0) is 64.2 Å². The number of aromatic nitrogens is 3. The van der Waals surface area contributed by atoms with Crippen molar-refractivity contribution < 1.29 is 4.74 Å². The molecule has 1 aliphatic carbocycles. The van der Waals surface area contributed by atoms with Crippen LogP contribution in [0.15, 0.2) is 51.4 Å². The quantitative estimate of drug-likeness (QED) is 0.176. The smallest absolute Gasteiger partial charge is 0.181 e. The maximum atomic E-state index is 6.03. The van der Waals surface area contributed by atoms with Gasteiger partial charge in [0, 0.05) is 66.9 Å². The number of halogens is 1. The zero-order chi connectivity index (χ0) is 26.2. The Morgan fingerprint density at radius 3 is 2.68 bits per heavy atom. The third-order valence-corrected chi connectivity index (χ3v) is 7.05. The number of aromatic amines is 2. The highest BCUT2D eigenvalue weighted by molar-refractivity contribution is 6.25. The molecule has 1 aliphatic heterocycles. The molecule has 3 N–H and O–H groups in total. The van der Waals surface area contributed by atoms with Gasteiger partial charge in [0.05, 0.1) is 0 Å². The summed E-state index contributed by atoms with van der Waals surface area (Å²) in [5, 5.41) is 10.8. The molecule has 37 heavy (non-hydrogen) atoms. The van der Waals surface area contributed by atoms with Crippen LogP contribution in [0.3, 0.4) is 0 Å². The van der Waals surface area contributed by atoms with Crippen LogP contribution < -0.4 is 5.32 Å². The Hall–Kier alpha value is -3.30. The van der Waals surface area contributed by atoms with Gasteiger partial charge in [-0.1, -0.05) is 18.0 Å². The molecular formula is C27H37ClN8O. The largest absolute Gasteiger partial charge is 0.470 e. The average molecular weight is 525 g/mol. The van der Waals surface area contributed by atoms with E-state index < -0.39 is 0 Å². The highest BCUT2D eigenvalue weighted by Gasteiger charge is 2.22. The van der Waals surface area contributed by atoms with Crippen LogP contribution >= 0.6 is 11.6 Å². The fourth-order valence-corrected chi connectivity index (χ4v) is 4.49. The second-order valence-electron chi connectivity index (χ2n) is 9.62. The van der Waals surface area contributed by atoms with E-state index in [0.29, 0.717) is 17.5 Å². The van der Waals surface area contributed by atoms with Crippen molar-refractivity contribution in [2.75, 3.05) is 45.3 Å². The minimum absolute atomic E-state index is 0.114. The van der Waals surface area contributed by atoms with Crippen molar-refractivity contribution in [1.29, 1.82) is 0 Å². The number of nitrogens with one attached hydrogen (secondary N) is 3. The van der Waals surface area contributed by atoms with Crippen LogP contribution in [-0.4, -0.2) is 77.5 Å². The summed E-state index contributed by atoms with van der Waals surface area (Å²) in [7, 11) is 2.12. The first kappa shape index (κ1) is 26.8. The Bertz CT molecular complexity index is 1180. The van der Waals surface area contributed by atoms with E-state index in [0.717, 1.165) is 60.5 Å². The van der Waals surface area contributed by atoms with Crippen molar-refractivity contribution in [3.8, 4) is 0 Å². The van der Waals surface area contributed by atoms with E-state index >= 15 is 0 Å². The SMILES string of the molecule is C=N/C(=C\C(=N/COC(/C=C\c1[nH]c(C)cc1C)=C\Cl)N1CCN(C)CC1)Nc1cc(C2CCC2)[nH]n1. The lowest BCUT2D eigenvalue weighted by molar-refractivity contribution is 0.209. The maximum Gasteiger partial charge on any atom is 0.181 e. The standard InChI is InChI=1S/C27H37ClN8O/c1-19-14-20(2)31-23(19)9-8-22(17-28)37-18-30-27(36-12-10-35(4)11-13-36)16-25(29-3)32-26-15-24(33-34-26)21-6-5-7-21/h8-9,14-17,21,31H,3,5-7,10-13,18H2,1-2,4H3,(H2,32,33,34)/b9-8-,22-17-,25-16+,30-27+. The fraction of sp³-hybridized carbons (Fsp3) is 0.444. The predicted octanol–water partition coefficient (Wildman–Crippen LogP) is 4.99. The number of ether oxygens (including phenoxy) is 1. The summed E-state index contributed by atoms with van der Waals surface area (Å²) in [6.45, 7) is 11.6. The molecule has 2 aromatic heterocycles. The molecule has 2 aromatic rings. The minimum Gasteiger partial charge on any atom is -0.470 e. The summed E-state index contributed by atoms with van der Waals surface area (Å²) < 4.78 is 5.87. The predicted molar refractivity (Wildman–Crippen MR) is 152 cm³/mol. The molecule has 0 atom stereocenters. The Labute approximate surface area is 224 Å². The van der Waals surface area contributed by atoms with E-state index in [9.17, 15) is 0 Å². The number of hydrogen-bond donors (Lipinski definition) is 3. The van der Waals surface area contributed by atoms with E-state index in [1.54, 1.807) is 0 Å². The topological polar surface area (TPSA) is 96.9 Å². The van der Waals surface area contributed by atoms with Crippen LogP contribution in [0.1, 0.15) is 47.8 Å². The molecule has 1 saturated carbocycles. The molecule has 0 bridgehead atoms. The van der Waals surface area contributed by atoms with Crippen molar-refractivity contribution in [2.24, 2.45) is 9.98 Å². The normalized spacial score (nSPS) is 18.4. The summed E-state index contributed by atoms with van der Waals surface area (Å²) in [6.07, 6.45) is 9.38. The molecule has 9 nitrogen and oxygen atoms in total. The van der Waals surface area contributed by atoms with Gasteiger partial charge >= 0.3 is 0 Å². The summed E-state index contributed by atoms with van der Waals surface area (Å²) in [4.78, 5) is 16.8. The fourth-order valence-electron chi connectivity index (χ4n) is 4.35. The number of H-pyrrole nitrogens is 2. The Morgan fingerprint density at radius 2 is 2.05 bits per heavy atom. The molecule has 0 unspecified atom stereocenters. The second-order valence-corrected chi connectivity index (χ2v) is 9.84. The second kappa shape index (κ2) is 12.8. The molecule has 10 heteroatoms. The van der Waals surface area contributed by atoms with E-state index in [1.165, 1.54) is 24.8 Å². The number of likely N-dealkylation sites (N-methyl/N-ethyl adjacent to an activating group) is 1. The Kier molecular flexibility index (Phi) is 9.24. The van der Waals surface area contributed by atoms with Gasteiger partial charge in [0.15, 0.2) is 12.5 Å². The van der Waals surface area contributed by atoms with Crippen molar-refractivity contribution in [3.63, 3.8) is 0 Å². The number of nitrogens with zero attached hydrogens (tertiary/aromatic N) is 5. The van der Waals surface area contributed by atoms with Crippen molar-refractivity contribution >= 4 is 36.0 Å². The highest BCUT2D eigenvalue weighted by Crippen LogP contribution is 2.36. The number of allylic oxidation sites excluding steroid dienone is 1. The van der Waals surface area contributed by atoms with E-state index in [-0.39, 0.29) is 6.73 Å². The maximum absolute atomic E-state index is 6.03. The van der Waals surface area contributed by atoms with Gasteiger partial charge in [-0.2, -0.15) is 5.10 Å². The molecule has 0 aromatic carbocycles. The third kappa shape index (κ3) is 7.36. The minimum atomic E-state index is 0.114. The molecule has 0 amide bonds. The van der Waals surface area contributed by atoms with Crippen LogP contribution in [0, 0.1) is 13.8 Å². The first-order chi connectivity index (χ1) is 17.9. The molecule has 4 rings (SSSR count). The zero-order valence-corrected chi connectivity index (χ0v) is 22.7. The van der Waals surface area contributed by atoms with E-state index in [4.69, 9.17) is 21.3 Å². The number of rotatable bonds is 10. The van der Waals surface area contributed by atoms with Crippen molar-refractivity contribution in [3.05, 3.63) is 64.0 Å². The first-order valence-electron chi connectivity index (χ1n) is 12.7. The zero-order valence-electron chi connectivity index (χ0n) is 21.9. The van der Waals surface area contributed by atoms with Gasteiger partial charge in [-0.25, -0.2) is 9.98 Å². The Balaban J connectivity index is 1.45. The Morgan fingerprint density at radius 1 is 1.27 bits per heavy atom. The molecule has 2 aliphatic rings. The molecular weight excluding hydrogens is 488 g/mol. The van der Waals surface area contributed by atoms with Crippen molar-refractivity contribution in [1.82, 2.24) is 25.0 Å². The van der Waals surface area contributed by atoms with Gasteiger partial charge in [-0.3, -0.25) is 5.10 Å². The number of aliphatic imine (C=N–C) groups is 2.